The van der Waals surface area contributed by atoms with Crippen molar-refractivity contribution in [3.8, 4) is 0 Å². The van der Waals surface area contributed by atoms with Crippen LogP contribution in [0.5, 0.6) is 0 Å². The summed E-state index contributed by atoms with van der Waals surface area (Å²) in [6.45, 7) is 8.06. The van der Waals surface area contributed by atoms with E-state index < -0.39 is 0 Å². The van der Waals surface area contributed by atoms with Crippen LogP contribution in [0.15, 0.2) is 24.3 Å². The van der Waals surface area contributed by atoms with Crippen LogP contribution in [0.2, 0.25) is 0 Å². The van der Waals surface area contributed by atoms with Crippen LogP contribution in [-0.4, -0.2) is 47.9 Å². The molecule has 0 N–H and O–H groups in total. The Kier molecular flexibility index (Phi) is 5.12. The van der Waals surface area contributed by atoms with E-state index in [2.05, 4.69) is 18.7 Å². The Bertz CT molecular complexity index is 434. The normalized spacial score (nSPS) is 16.7. The molecule has 20 heavy (non-hydrogen) atoms. The molecule has 1 aromatic rings. The number of hydrogen-bond acceptors (Lipinski definition) is 2. The average Bonchev–Trinajstić information content (AvgIpc) is 2.49. The number of hydrogen-bond donors (Lipinski definition) is 0. The monoisotopic (exact) mass is 278 g/mol. The van der Waals surface area contributed by atoms with Crippen molar-refractivity contribution in [1.29, 1.82) is 0 Å². The van der Waals surface area contributed by atoms with Crippen molar-refractivity contribution in [3.05, 3.63) is 35.6 Å². The van der Waals surface area contributed by atoms with Gasteiger partial charge in [-0.15, -0.1) is 0 Å². The zero-order valence-corrected chi connectivity index (χ0v) is 12.3. The highest BCUT2D eigenvalue weighted by Gasteiger charge is 2.26. The van der Waals surface area contributed by atoms with Crippen molar-refractivity contribution in [2.24, 2.45) is 0 Å². The predicted molar refractivity (Wildman–Crippen MR) is 78.2 cm³/mol. The van der Waals surface area contributed by atoms with Crippen molar-refractivity contribution in [3.63, 3.8) is 0 Å². The van der Waals surface area contributed by atoms with Crippen molar-refractivity contribution in [2.75, 3.05) is 26.2 Å². The van der Waals surface area contributed by atoms with Crippen LogP contribution in [-0.2, 0) is 0 Å². The molecule has 0 atom stereocenters. The largest absolute Gasteiger partial charge is 0.339 e. The maximum absolute atomic E-state index is 12.9. The van der Waals surface area contributed by atoms with Crippen LogP contribution in [0.25, 0.3) is 0 Å². The summed E-state index contributed by atoms with van der Waals surface area (Å²) in [5, 5.41) is 0. The van der Waals surface area contributed by atoms with Crippen molar-refractivity contribution >= 4 is 5.91 Å². The molecule has 0 spiro atoms. The Morgan fingerprint density at radius 1 is 1.20 bits per heavy atom. The highest BCUT2D eigenvalue weighted by Crippen LogP contribution is 2.18. The molecule has 0 aliphatic carbocycles. The summed E-state index contributed by atoms with van der Waals surface area (Å²) < 4.78 is 12.9. The van der Waals surface area contributed by atoms with Crippen LogP contribution < -0.4 is 0 Å². The van der Waals surface area contributed by atoms with Gasteiger partial charge in [-0.1, -0.05) is 13.8 Å². The van der Waals surface area contributed by atoms with E-state index >= 15 is 0 Å². The summed E-state index contributed by atoms with van der Waals surface area (Å²) in [6, 6.07) is 6.40. The Labute approximate surface area is 120 Å². The van der Waals surface area contributed by atoms with Gasteiger partial charge in [-0.2, -0.15) is 0 Å². The van der Waals surface area contributed by atoms with Gasteiger partial charge in [0, 0.05) is 24.7 Å². The lowest BCUT2D eigenvalue weighted by molar-refractivity contribution is 0.0631. The number of halogens is 1. The van der Waals surface area contributed by atoms with Crippen LogP contribution in [0.1, 0.15) is 37.0 Å². The molecule has 1 aliphatic rings. The molecule has 1 aromatic carbocycles. The Morgan fingerprint density at radius 2 is 1.75 bits per heavy atom. The summed E-state index contributed by atoms with van der Waals surface area (Å²) in [7, 11) is 0. The predicted octanol–water partition coefficient (Wildman–Crippen LogP) is 2.77. The van der Waals surface area contributed by atoms with Gasteiger partial charge < -0.3 is 9.80 Å². The molecule has 0 unspecified atom stereocenters. The second-order valence-electron chi connectivity index (χ2n) is 5.25. The van der Waals surface area contributed by atoms with Crippen LogP contribution in [0.4, 0.5) is 4.39 Å². The molecule has 1 fully saturated rings. The van der Waals surface area contributed by atoms with Crippen LogP contribution in [0.3, 0.4) is 0 Å². The Balaban J connectivity index is 1.93. The van der Waals surface area contributed by atoms with Gasteiger partial charge in [-0.3, -0.25) is 4.79 Å². The lowest BCUT2D eigenvalue weighted by Gasteiger charge is -2.37. The average molecular weight is 278 g/mol. The second kappa shape index (κ2) is 6.84. The molecule has 1 amide bonds. The molecule has 0 radical (unpaired) electrons. The summed E-state index contributed by atoms with van der Waals surface area (Å²) >= 11 is 0. The molecule has 1 saturated heterocycles. The smallest absolute Gasteiger partial charge is 0.253 e. The number of piperidine rings is 1. The third kappa shape index (κ3) is 3.37. The number of benzene rings is 1. The summed E-state index contributed by atoms with van der Waals surface area (Å²) in [5.74, 6) is -0.287. The van der Waals surface area contributed by atoms with Crippen LogP contribution >= 0.6 is 0 Å². The van der Waals surface area contributed by atoms with Gasteiger partial charge in [0.1, 0.15) is 5.82 Å². The van der Waals surface area contributed by atoms with E-state index in [1.807, 2.05) is 4.90 Å². The number of rotatable bonds is 4. The molecule has 1 aliphatic heterocycles. The first-order chi connectivity index (χ1) is 9.65. The number of nitrogens with zero attached hydrogens (tertiary/aromatic N) is 2. The van der Waals surface area contributed by atoms with Crippen molar-refractivity contribution in [2.45, 2.75) is 32.7 Å². The van der Waals surface area contributed by atoms with Gasteiger partial charge in [0.2, 0.25) is 0 Å². The van der Waals surface area contributed by atoms with Crippen molar-refractivity contribution in [1.82, 2.24) is 9.80 Å². The number of carbonyl (C=O) groups excluding carboxylic acids is 1. The van der Waals surface area contributed by atoms with Gasteiger partial charge in [0.05, 0.1) is 0 Å². The van der Waals surface area contributed by atoms with Gasteiger partial charge in [-0.25, -0.2) is 4.39 Å². The minimum absolute atomic E-state index is 0.0167. The first-order valence-corrected chi connectivity index (χ1v) is 7.44. The molecule has 0 saturated carbocycles. The van der Waals surface area contributed by atoms with E-state index in [9.17, 15) is 9.18 Å². The highest BCUT2D eigenvalue weighted by atomic mass is 19.1. The Hall–Kier alpha value is -1.42. The first-order valence-electron chi connectivity index (χ1n) is 7.44. The fourth-order valence-corrected chi connectivity index (χ4v) is 2.95. The standard InChI is InChI=1S/C16H23FN2O/c1-3-18(4-2)15-9-11-19(12-10-15)16(20)13-5-7-14(17)8-6-13/h5-8,15H,3-4,9-12H2,1-2H3. The molecular formula is C16H23FN2O. The molecule has 2 rings (SSSR count). The second-order valence-corrected chi connectivity index (χ2v) is 5.25. The number of amides is 1. The number of carbonyl (C=O) groups is 1. The number of likely N-dealkylation sites (tertiary alicyclic amines) is 1. The van der Waals surface area contributed by atoms with Crippen molar-refractivity contribution < 1.29 is 9.18 Å². The fraction of sp³-hybridized carbons (Fsp3) is 0.562. The summed E-state index contributed by atoms with van der Waals surface area (Å²) in [4.78, 5) is 16.7. The maximum atomic E-state index is 12.9. The Morgan fingerprint density at radius 3 is 2.25 bits per heavy atom. The minimum atomic E-state index is -0.304. The van der Waals surface area contributed by atoms with E-state index in [0.29, 0.717) is 11.6 Å². The van der Waals surface area contributed by atoms with Gasteiger partial charge >= 0.3 is 0 Å². The third-order valence-corrected chi connectivity index (χ3v) is 4.17. The summed E-state index contributed by atoms with van der Waals surface area (Å²) in [5.41, 5.74) is 0.577. The topological polar surface area (TPSA) is 23.6 Å². The van der Waals surface area contributed by atoms with Gasteiger partial charge in [0.25, 0.3) is 5.91 Å². The molecule has 3 nitrogen and oxygen atoms in total. The highest BCUT2D eigenvalue weighted by molar-refractivity contribution is 5.94. The first kappa shape index (κ1) is 15.0. The molecule has 110 valence electrons. The fourth-order valence-electron chi connectivity index (χ4n) is 2.95. The van der Waals surface area contributed by atoms with Crippen LogP contribution in [0, 0.1) is 5.82 Å². The molecule has 4 heteroatoms. The minimum Gasteiger partial charge on any atom is -0.339 e. The molecule has 0 bridgehead atoms. The van der Waals surface area contributed by atoms with E-state index in [0.717, 1.165) is 39.0 Å². The zero-order chi connectivity index (χ0) is 14.5. The van der Waals surface area contributed by atoms with E-state index in [1.54, 1.807) is 12.1 Å². The quantitative estimate of drug-likeness (QED) is 0.845. The third-order valence-electron chi connectivity index (χ3n) is 4.17. The molecular weight excluding hydrogens is 255 g/mol. The zero-order valence-electron chi connectivity index (χ0n) is 12.3. The maximum Gasteiger partial charge on any atom is 0.253 e. The van der Waals surface area contributed by atoms with E-state index in [-0.39, 0.29) is 11.7 Å². The lowest BCUT2D eigenvalue weighted by Crippen LogP contribution is -2.46. The SMILES string of the molecule is CCN(CC)C1CCN(C(=O)c2ccc(F)cc2)CC1. The summed E-state index contributed by atoms with van der Waals surface area (Å²) in [6.07, 6.45) is 2.04. The van der Waals surface area contributed by atoms with E-state index in [4.69, 9.17) is 0 Å². The lowest BCUT2D eigenvalue weighted by atomic mass is 10.0. The molecule has 1 heterocycles. The molecule has 0 aromatic heterocycles. The van der Waals surface area contributed by atoms with Gasteiger partial charge in [0.15, 0.2) is 0 Å². The van der Waals surface area contributed by atoms with Gasteiger partial charge in [-0.05, 0) is 50.2 Å². The van der Waals surface area contributed by atoms with E-state index in [1.165, 1.54) is 12.1 Å².